The maximum absolute atomic E-state index is 13.0. The molecule has 3 N–H and O–H groups in total. The molecule has 1 amide bonds. The van der Waals surface area contributed by atoms with Crippen LogP contribution >= 0.6 is 0 Å². The van der Waals surface area contributed by atoms with Crippen molar-refractivity contribution in [1.82, 2.24) is 24.6 Å². The number of carbonyl (C=O) groups excluding carboxylic acids is 1. The third kappa shape index (κ3) is 7.02. The lowest BCUT2D eigenvalue weighted by molar-refractivity contribution is -0.137. The maximum Gasteiger partial charge on any atom is 0.416 e. The predicted molar refractivity (Wildman–Crippen MR) is 146 cm³/mol. The van der Waals surface area contributed by atoms with Crippen LogP contribution in [0.1, 0.15) is 34.3 Å². The summed E-state index contributed by atoms with van der Waals surface area (Å²) in [4.78, 5) is 23.8. The Morgan fingerprint density at radius 3 is 2.64 bits per heavy atom. The third-order valence-electron chi connectivity index (χ3n) is 6.10. The first-order chi connectivity index (χ1) is 18.5. The molecule has 4 rings (SSSR count). The monoisotopic (exact) mass is 540 g/mol. The maximum atomic E-state index is 13.0. The average Bonchev–Trinajstić information content (AvgIpc) is 3.19. The van der Waals surface area contributed by atoms with Crippen LogP contribution in [0.3, 0.4) is 0 Å². The van der Waals surface area contributed by atoms with E-state index in [1.807, 2.05) is 21.0 Å². The van der Waals surface area contributed by atoms with Crippen molar-refractivity contribution in [3.8, 4) is 0 Å². The molecule has 0 atom stereocenters. The number of hydrogen-bond donors (Lipinski definition) is 3. The summed E-state index contributed by atoms with van der Waals surface area (Å²) in [6.45, 7) is 3.68. The summed E-state index contributed by atoms with van der Waals surface area (Å²) in [5.74, 6) is 0.418. The lowest BCUT2D eigenvalue weighted by atomic mass is 10.1. The van der Waals surface area contributed by atoms with E-state index in [2.05, 4.69) is 35.9 Å². The number of anilines is 4. The fraction of sp³-hybridized carbons (Fsp3) is 0.333. The Bertz CT molecular complexity index is 1470. The van der Waals surface area contributed by atoms with Crippen molar-refractivity contribution < 1.29 is 18.0 Å². The second-order valence-corrected chi connectivity index (χ2v) is 9.53. The van der Waals surface area contributed by atoms with Gasteiger partial charge in [0.25, 0.3) is 5.91 Å². The van der Waals surface area contributed by atoms with E-state index in [9.17, 15) is 18.0 Å². The van der Waals surface area contributed by atoms with Crippen LogP contribution in [-0.2, 0) is 13.2 Å². The van der Waals surface area contributed by atoms with E-state index in [1.54, 1.807) is 36.1 Å². The molecule has 0 bridgehead atoms. The van der Waals surface area contributed by atoms with Gasteiger partial charge in [-0.1, -0.05) is 12.1 Å². The molecule has 206 valence electrons. The summed E-state index contributed by atoms with van der Waals surface area (Å²) < 4.78 is 40.8. The minimum absolute atomic E-state index is 0.0881. The number of unbranched alkanes of at least 4 members (excludes halogenated alkanes) is 1. The summed E-state index contributed by atoms with van der Waals surface area (Å²) in [6.07, 6.45) is -0.762. The number of carbonyl (C=O) groups is 1. The molecule has 39 heavy (non-hydrogen) atoms. The standard InChI is InChI=1S/C27H31F3N8O/c1-17-10-11-20(33-25(39)18-8-7-9-19(14-18)27(28,29)30)15-22(17)34-23-21-16-32-26(35-24(21)38(4)36-23)31-12-5-6-13-37(2)3/h7-11,14-16H,5-6,12-13H2,1-4H3,(H,33,39)(H,34,36)(H,31,32,35). The van der Waals surface area contributed by atoms with Crippen LogP contribution < -0.4 is 16.0 Å². The Morgan fingerprint density at radius 1 is 1.10 bits per heavy atom. The van der Waals surface area contributed by atoms with E-state index in [4.69, 9.17) is 0 Å². The van der Waals surface area contributed by atoms with Crippen LogP contribution in [0.2, 0.25) is 0 Å². The number of aromatic nitrogens is 4. The highest BCUT2D eigenvalue weighted by Gasteiger charge is 2.31. The van der Waals surface area contributed by atoms with E-state index < -0.39 is 17.6 Å². The molecule has 0 spiro atoms. The van der Waals surface area contributed by atoms with Crippen molar-refractivity contribution in [3.63, 3.8) is 0 Å². The number of benzene rings is 2. The third-order valence-corrected chi connectivity index (χ3v) is 6.10. The summed E-state index contributed by atoms with van der Waals surface area (Å²) in [5, 5.41) is 14.4. The van der Waals surface area contributed by atoms with Gasteiger partial charge in [0.1, 0.15) is 0 Å². The van der Waals surface area contributed by atoms with Gasteiger partial charge in [0.05, 0.1) is 10.9 Å². The van der Waals surface area contributed by atoms with Crippen molar-refractivity contribution in [2.24, 2.45) is 7.05 Å². The lowest BCUT2D eigenvalue weighted by Gasteiger charge is -2.12. The zero-order chi connectivity index (χ0) is 28.2. The molecule has 12 heteroatoms. The van der Waals surface area contributed by atoms with Gasteiger partial charge >= 0.3 is 6.18 Å². The van der Waals surface area contributed by atoms with Crippen molar-refractivity contribution in [1.29, 1.82) is 0 Å². The molecular weight excluding hydrogens is 509 g/mol. The average molecular weight is 541 g/mol. The smallest absolute Gasteiger partial charge is 0.354 e. The van der Waals surface area contributed by atoms with E-state index in [0.717, 1.165) is 43.6 Å². The van der Waals surface area contributed by atoms with Crippen LogP contribution in [0, 0.1) is 6.92 Å². The summed E-state index contributed by atoms with van der Waals surface area (Å²) in [6, 6.07) is 9.48. The molecule has 0 aliphatic heterocycles. The summed E-state index contributed by atoms with van der Waals surface area (Å²) >= 11 is 0. The van der Waals surface area contributed by atoms with Crippen LogP contribution in [-0.4, -0.2) is 57.7 Å². The van der Waals surface area contributed by atoms with Crippen molar-refractivity contribution >= 4 is 40.1 Å². The molecule has 0 unspecified atom stereocenters. The van der Waals surface area contributed by atoms with Crippen LogP contribution in [0.4, 0.5) is 36.3 Å². The molecule has 4 aromatic rings. The van der Waals surface area contributed by atoms with Gasteiger partial charge < -0.3 is 20.9 Å². The molecular formula is C27H31F3N8O. The van der Waals surface area contributed by atoms with Crippen molar-refractivity contribution in [2.75, 3.05) is 43.1 Å². The molecule has 2 heterocycles. The van der Waals surface area contributed by atoms with E-state index >= 15 is 0 Å². The Balaban J connectivity index is 1.47. The normalized spacial score (nSPS) is 11.7. The highest BCUT2D eigenvalue weighted by molar-refractivity contribution is 6.04. The van der Waals surface area contributed by atoms with E-state index in [-0.39, 0.29) is 5.56 Å². The van der Waals surface area contributed by atoms with E-state index in [1.165, 1.54) is 12.1 Å². The predicted octanol–water partition coefficient (Wildman–Crippen LogP) is 5.44. The van der Waals surface area contributed by atoms with Gasteiger partial charge in [-0.25, -0.2) is 9.67 Å². The van der Waals surface area contributed by atoms with Crippen molar-refractivity contribution in [3.05, 3.63) is 65.4 Å². The van der Waals surface area contributed by atoms with E-state index in [0.29, 0.717) is 34.2 Å². The molecule has 9 nitrogen and oxygen atoms in total. The quantitative estimate of drug-likeness (QED) is 0.230. The second kappa shape index (κ2) is 11.7. The molecule has 0 aliphatic rings. The number of halogens is 3. The molecule has 0 saturated heterocycles. The fourth-order valence-electron chi connectivity index (χ4n) is 3.97. The number of hydrogen-bond acceptors (Lipinski definition) is 7. The first kappa shape index (κ1) is 27.8. The first-order valence-electron chi connectivity index (χ1n) is 12.5. The van der Waals surface area contributed by atoms with Crippen LogP contribution in [0.5, 0.6) is 0 Å². The molecule has 2 aromatic heterocycles. The zero-order valence-electron chi connectivity index (χ0n) is 22.2. The first-order valence-corrected chi connectivity index (χ1v) is 12.5. The number of rotatable bonds is 10. The fourth-order valence-corrected chi connectivity index (χ4v) is 3.97. The van der Waals surface area contributed by atoms with Crippen LogP contribution in [0.15, 0.2) is 48.7 Å². The number of fused-ring (bicyclic) bond motifs is 1. The Hall–Kier alpha value is -4.19. The summed E-state index contributed by atoms with van der Waals surface area (Å²) in [5.41, 5.74) is 1.64. The lowest BCUT2D eigenvalue weighted by Crippen LogP contribution is -2.14. The number of nitrogens with one attached hydrogen (secondary N) is 3. The Labute approximate surface area is 224 Å². The SMILES string of the molecule is Cc1ccc(NC(=O)c2cccc(C(F)(F)F)c2)cc1Nc1nn(C)c2nc(NCCCCN(C)C)ncc12. The van der Waals surface area contributed by atoms with Crippen molar-refractivity contribution in [2.45, 2.75) is 25.9 Å². The molecule has 0 radical (unpaired) electrons. The van der Waals surface area contributed by atoms with Gasteiger partial charge in [-0.05, 0) is 76.3 Å². The molecule has 2 aromatic carbocycles. The summed E-state index contributed by atoms with van der Waals surface area (Å²) in [7, 11) is 5.89. The number of amides is 1. The number of alkyl halides is 3. The highest BCUT2D eigenvalue weighted by atomic mass is 19.4. The van der Waals surface area contributed by atoms with Gasteiger partial charge in [0, 0.05) is 36.7 Å². The van der Waals surface area contributed by atoms with Gasteiger partial charge in [0.2, 0.25) is 5.95 Å². The highest BCUT2D eigenvalue weighted by Crippen LogP contribution is 2.31. The van der Waals surface area contributed by atoms with Gasteiger partial charge in [-0.3, -0.25) is 4.79 Å². The topological polar surface area (TPSA) is 100 Å². The molecule has 0 fully saturated rings. The second-order valence-electron chi connectivity index (χ2n) is 9.53. The number of nitrogens with zero attached hydrogens (tertiary/aromatic N) is 5. The Morgan fingerprint density at radius 2 is 1.90 bits per heavy atom. The zero-order valence-corrected chi connectivity index (χ0v) is 22.2. The van der Waals surface area contributed by atoms with Gasteiger partial charge in [-0.15, -0.1) is 0 Å². The number of aryl methyl sites for hydroxylation is 2. The Kier molecular flexibility index (Phi) is 8.34. The molecule has 0 saturated carbocycles. The van der Waals surface area contributed by atoms with Gasteiger partial charge in [0.15, 0.2) is 11.5 Å². The van der Waals surface area contributed by atoms with Crippen LogP contribution in [0.25, 0.3) is 11.0 Å². The minimum atomic E-state index is -4.53. The molecule has 0 aliphatic carbocycles. The minimum Gasteiger partial charge on any atom is -0.354 e. The largest absolute Gasteiger partial charge is 0.416 e. The van der Waals surface area contributed by atoms with Gasteiger partial charge in [-0.2, -0.15) is 23.3 Å².